The fourth-order valence-electron chi connectivity index (χ4n) is 3.38. The Kier molecular flexibility index (Phi) is 3.44. The lowest BCUT2D eigenvalue weighted by atomic mass is 10.0. The van der Waals surface area contributed by atoms with Gasteiger partial charge in [-0.2, -0.15) is 0 Å². The fraction of sp³-hybridized carbons (Fsp3) is 0.600. The number of hydrogen-bond acceptors (Lipinski definition) is 2. The number of hydrogen-bond donors (Lipinski definition) is 1. The molecule has 0 radical (unpaired) electrons. The predicted octanol–water partition coefficient (Wildman–Crippen LogP) is 2.58. The van der Waals surface area contributed by atoms with Crippen molar-refractivity contribution in [3.63, 3.8) is 0 Å². The van der Waals surface area contributed by atoms with Crippen LogP contribution in [-0.4, -0.2) is 30.6 Å². The number of nitrogens with zero attached hydrogens (tertiary/aromatic N) is 1. The van der Waals surface area contributed by atoms with Crippen LogP contribution < -0.4 is 5.32 Å². The lowest BCUT2D eigenvalue weighted by molar-refractivity contribution is 0.108. The molecule has 1 aliphatic heterocycles. The van der Waals surface area contributed by atoms with Gasteiger partial charge in [-0.15, -0.1) is 0 Å². The molecule has 17 heavy (non-hydrogen) atoms. The molecule has 0 aromatic heterocycles. The third kappa shape index (κ3) is 2.38. The van der Waals surface area contributed by atoms with Crippen LogP contribution >= 0.6 is 0 Å². The van der Waals surface area contributed by atoms with E-state index in [1.54, 1.807) is 0 Å². The van der Waals surface area contributed by atoms with Gasteiger partial charge in [-0.25, -0.2) is 0 Å². The maximum atomic E-state index is 3.55. The Bertz CT molecular complexity index is 343. The van der Waals surface area contributed by atoms with Gasteiger partial charge in [0.15, 0.2) is 0 Å². The van der Waals surface area contributed by atoms with E-state index < -0.39 is 0 Å². The van der Waals surface area contributed by atoms with Crippen LogP contribution in [0.15, 0.2) is 30.3 Å². The molecule has 0 amide bonds. The summed E-state index contributed by atoms with van der Waals surface area (Å²) in [5.41, 5.74) is 1.48. The highest BCUT2D eigenvalue weighted by Crippen LogP contribution is 2.31. The van der Waals surface area contributed by atoms with Crippen molar-refractivity contribution in [2.24, 2.45) is 0 Å². The molecular weight excluding hydrogens is 208 g/mol. The first kappa shape index (κ1) is 11.2. The van der Waals surface area contributed by atoms with Gasteiger partial charge in [0.2, 0.25) is 0 Å². The molecule has 0 bridgehead atoms. The van der Waals surface area contributed by atoms with Crippen LogP contribution in [0, 0.1) is 0 Å². The average Bonchev–Trinajstić information content (AvgIpc) is 2.94. The molecule has 1 heterocycles. The van der Waals surface area contributed by atoms with E-state index in [0.717, 1.165) is 19.1 Å². The van der Waals surface area contributed by atoms with Crippen LogP contribution in [0.5, 0.6) is 0 Å². The van der Waals surface area contributed by atoms with E-state index in [-0.39, 0.29) is 0 Å². The lowest BCUT2D eigenvalue weighted by Crippen LogP contribution is -2.49. The van der Waals surface area contributed by atoms with E-state index in [1.165, 1.54) is 37.8 Å². The van der Waals surface area contributed by atoms with Crippen LogP contribution in [-0.2, 0) is 0 Å². The maximum absolute atomic E-state index is 3.55. The van der Waals surface area contributed by atoms with Gasteiger partial charge in [0.1, 0.15) is 0 Å². The van der Waals surface area contributed by atoms with E-state index in [4.69, 9.17) is 0 Å². The van der Waals surface area contributed by atoms with Crippen molar-refractivity contribution in [1.29, 1.82) is 0 Å². The monoisotopic (exact) mass is 230 g/mol. The number of nitrogens with one attached hydrogen (secondary N) is 1. The zero-order valence-corrected chi connectivity index (χ0v) is 10.4. The van der Waals surface area contributed by atoms with Gasteiger partial charge in [-0.3, -0.25) is 4.90 Å². The third-order valence-electron chi connectivity index (χ3n) is 4.26. The Labute approximate surface area is 104 Å². The minimum atomic E-state index is 0.591. The minimum Gasteiger partial charge on any atom is -0.314 e. The second-order valence-electron chi connectivity index (χ2n) is 5.31. The van der Waals surface area contributed by atoms with Gasteiger partial charge in [0, 0.05) is 31.7 Å². The van der Waals surface area contributed by atoms with E-state index in [1.807, 2.05) is 0 Å². The molecule has 2 aliphatic rings. The zero-order chi connectivity index (χ0) is 11.5. The Hall–Kier alpha value is -0.860. The van der Waals surface area contributed by atoms with Crippen molar-refractivity contribution in [3.8, 4) is 0 Å². The topological polar surface area (TPSA) is 15.3 Å². The molecule has 1 saturated carbocycles. The summed E-state index contributed by atoms with van der Waals surface area (Å²) >= 11 is 0. The molecule has 0 spiro atoms. The number of piperazine rings is 1. The van der Waals surface area contributed by atoms with Gasteiger partial charge in [0.05, 0.1) is 0 Å². The molecule has 1 aromatic carbocycles. The SMILES string of the molecule is c1ccc(C2CNCCN2C2CCCC2)cc1. The van der Waals surface area contributed by atoms with E-state index >= 15 is 0 Å². The van der Waals surface area contributed by atoms with Crippen LogP contribution in [0.4, 0.5) is 0 Å². The molecule has 1 N–H and O–H groups in total. The summed E-state index contributed by atoms with van der Waals surface area (Å²) in [6, 6.07) is 12.4. The molecule has 3 rings (SSSR count). The quantitative estimate of drug-likeness (QED) is 0.840. The lowest BCUT2D eigenvalue weighted by Gasteiger charge is -2.40. The third-order valence-corrected chi connectivity index (χ3v) is 4.26. The van der Waals surface area contributed by atoms with Crippen LogP contribution in [0.1, 0.15) is 37.3 Å². The summed E-state index contributed by atoms with van der Waals surface area (Å²) in [6.45, 7) is 3.48. The smallest absolute Gasteiger partial charge is 0.0476 e. The number of benzene rings is 1. The van der Waals surface area contributed by atoms with Gasteiger partial charge < -0.3 is 5.32 Å². The van der Waals surface area contributed by atoms with Crippen LogP contribution in [0.3, 0.4) is 0 Å². The number of rotatable bonds is 2. The first-order valence-corrected chi connectivity index (χ1v) is 6.96. The first-order chi connectivity index (χ1) is 8.45. The summed E-state index contributed by atoms with van der Waals surface area (Å²) < 4.78 is 0. The molecule has 1 atom stereocenters. The highest BCUT2D eigenvalue weighted by atomic mass is 15.2. The van der Waals surface area contributed by atoms with Crippen molar-refractivity contribution in [3.05, 3.63) is 35.9 Å². The van der Waals surface area contributed by atoms with Crippen molar-refractivity contribution in [2.45, 2.75) is 37.8 Å². The summed E-state index contributed by atoms with van der Waals surface area (Å²) in [4.78, 5) is 2.75. The Balaban J connectivity index is 1.80. The van der Waals surface area contributed by atoms with Crippen molar-refractivity contribution >= 4 is 0 Å². The van der Waals surface area contributed by atoms with Gasteiger partial charge >= 0.3 is 0 Å². The highest BCUT2D eigenvalue weighted by molar-refractivity contribution is 5.20. The molecule has 2 fully saturated rings. The second kappa shape index (κ2) is 5.19. The summed E-state index contributed by atoms with van der Waals surface area (Å²) in [7, 11) is 0. The van der Waals surface area contributed by atoms with Crippen molar-refractivity contribution in [1.82, 2.24) is 10.2 Å². The van der Waals surface area contributed by atoms with Crippen molar-refractivity contribution in [2.75, 3.05) is 19.6 Å². The summed E-state index contributed by atoms with van der Waals surface area (Å²) in [6.07, 6.45) is 5.67. The molecule has 1 aliphatic carbocycles. The molecule has 1 saturated heterocycles. The molecule has 1 unspecified atom stereocenters. The molecular formula is C15H22N2. The second-order valence-corrected chi connectivity index (χ2v) is 5.31. The standard InChI is InChI=1S/C15H22N2/c1-2-6-13(7-3-1)15-12-16-10-11-17(15)14-8-4-5-9-14/h1-3,6-7,14-16H,4-5,8-12H2. The van der Waals surface area contributed by atoms with E-state index in [9.17, 15) is 0 Å². The molecule has 2 nitrogen and oxygen atoms in total. The Morgan fingerprint density at radius 1 is 1.06 bits per heavy atom. The Morgan fingerprint density at radius 3 is 2.59 bits per heavy atom. The normalized spacial score (nSPS) is 27.4. The van der Waals surface area contributed by atoms with Gasteiger partial charge in [-0.1, -0.05) is 43.2 Å². The van der Waals surface area contributed by atoms with Crippen molar-refractivity contribution < 1.29 is 0 Å². The summed E-state index contributed by atoms with van der Waals surface area (Å²) in [5.74, 6) is 0. The average molecular weight is 230 g/mol. The Morgan fingerprint density at radius 2 is 1.82 bits per heavy atom. The minimum absolute atomic E-state index is 0.591. The molecule has 92 valence electrons. The highest BCUT2D eigenvalue weighted by Gasteiger charge is 2.31. The maximum Gasteiger partial charge on any atom is 0.0476 e. The largest absolute Gasteiger partial charge is 0.314 e. The van der Waals surface area contributed by atoms with Gasteiger partial charge in [0.25, 0.3) is 0 Å². The fourth-order valence-corrected chi connectivity index (χ4v) is 3.38. The molecule has 1 aromatic rings. The van der Waals surface area contributed by atoms with E-state index in [2.05, 4.69) is 40.5 Å². The van der Waals surface area contributed by atoms with Crippen LogP contribution in [0.25, 0.3) is 0 Å². The van der Waals surface area contributed by atoms with Gasteiger partial charge in [-0.05, 0) is 18.4 Å². The predicted molar refractivity (Wildman–Crippen MR) is 71.0 cm³/mol. The zero-order valence-electron chi connectivity index (χ0n) is 10.4. The summed E-state index contributed by atoms with van der Waals surface area (Å²) in [5, 5.41) is 3.55. The first-order valence-electron chi connectivity index (χ1n) is 6.96. The van der Waals surface area contributed by atoms with Crippen LogP contribution in [0.2, 0.25) is 0 Å². The van der Waals surface area contributed by atoms with E-state index in [0.29, 0.717) is 6.04 Å². The molecule has 2 heteroatoms.